The molecule has 0 aliphatic rings. The van der Waals surface area contributed by atoms with Crippen molar-refractivity contribution in [2.75, 3.05) is 0 Å². The van der Waals surface area contributed by atoms with E-state index in [2.05, 4.69) is 37.2 Å². The van der Waals surface area contributed by atoms with Gasteiger partial charge in [0.1, 0.15) is 11.5 Å². The quantitative estimate of drug-likeness (QED) is 0.748. The van der Waals surface area contributed by atoms with E-state index in [0.29, 0.717) is 20.5 Å². The second-order valence-electron chi connectivity index (χ2n) is 3.95. The summed E-state index contributed by atoms with van der Waals surface area (Å²) in [5.41, 5.74) is 0.0871. The van der Waals surface area contributed by atoms with Crippen LogP contribution in [0.5, 0.6) is 0 Å². The Labute approximate surface area is 136 Å². The first-order valence-electron chi connectivity index (χ1n) is 5.73. The summed E-state index contributed by atoms with van der Waals surface area (Å²) in [4.78, 5) is 23.2. The highest BCUT2D eigenvalue weighted by atomic mass is 79.9. The minimum atomic E-state index is -1.26. The highest BCUT2D eigenvalue weighted by Crippen LogP contribution is 2.27. The van der Waals surface area contributed by atoms with Crippen LogP contribution in [0.2, 0.25) is 0 Å². The zero-order chi connectivity index (χ0) is 15.4. The van der Waals surface area contributed by atoms with E-state index < -0.39 is 11.9 Å². The van der Waals surface area contributed by atoms with E-state index in [1.165, 1.54) is 6.08 Å². The maximum Gasteiger partial charge on any atom is 0.352 e. The standard InChI is InChI=1S/C14H9Br2NO4/c15-10-6-9(21-12(10)16)7-11(14(19)20)17-13(18)8-4-2-1-3-5-8/h1-7H,(H,17,18)(H,19,20)/b11-7+. The first-order chi connectivity index (χ1) is 9.97. The van der Waals surface area contributed by atoms with Crippen molar-refractivity contribution in [2.45, 2.75) is 0 Å². The molecule has 5 nitrogen and oxygen atoms in total. The molecule has 108 valence electrons. The minimum Gasteiger partial charge on any atom is -0.477 e. The van der Waals surface area contributed by atoms with E-state index in [1.54, 1.807) is 36.4 Å². The van der Waals surface area contributed by atoms with Crippen molar-refractivity contribution in [3.63, 3.8) is 0 Å². The summed E-state index contributed by atoms with van der Waals surface area (Å²) in [6.07, 6.45) is 1.23. The van der Waals surface area contributed by atoms with Crippen LogP contribution in [0.15, 0.2) is 55.7 Å². The molecule has 7 heteroatoms. The molecule has 1 aromatic heterocycles. The SMILES string of the molecule is O=C(O)/C(=C\c1cc(Br)c(Br)o1)NC(=O)c1ccccc1. The second-order valence-corrected chi connectivity index (χ2v) is 5.53. The van der Waals surface area contributed by atoms with Crippen molar-refractivity contribution in [1.82, 2.24) is 5.32 Å². The molecule has 0 atom stereocenters. The Morgan fingerprint density at radius 2 is 1.86 bits per heavy atom. The molecule has 2 N–H and O–H groups in total. The van der Waals surface area contributed by atoms with E-state index in [-0.39, 0.29) is 5.70 Å². The number of furan rings is 1. The lowest BCUT2D eigenvalue weighted by Crippen LogP contribution is -2.27. The number of carboxylic acids is 1. The summed E-state index contributed by atoms with van der Waals surface area (Å²) in [6.45, 7) is 0. The first kappa shape index (κ1) is 15.5. The van der Waals surface area contributed by atoms with Crippen molar-refractivity contribution in [1.29, 1.82) is 0 Å². The van der Waals surface area contributed by atoms with Gasteiger partial charge in [-0.2, -0.15) is 0 Å². The molecule has 0 bridgehead atoms. The maximum absolute atomic E-state index is 12.0. The smallest absolute Gasteiger partial charge is 0.352 e. The molecule has 1 aromatic carbocycles. The van der Waals surface area contributed by atoms with Crippen LogP contribution in [-0.4, -0.2) is 17.0 Å². The fourth-order valence-corrected chi connectivity index (χ4v) is 2.12. The third kappa shape index (κ3) is 4.05. The molecule has 0 aliphatic carbocycles. The molecular formula is C14H9Br2NO4. The van der Waals surface area contributed by atoms with Gasteiger partial charge in [-0.25, -0.2) is 4.79 Å². The maximum atomic E-state index is 12.0. The van der Waals surface area contributed by atoms with Crippen LogP contribution in [0.4, 0.5) is 0 Å². The lowest BCUT2D eigenvalue weighted by Gasteiger charge is -2.05. The highest BCUT2D eigenvalue weighted by molar-refractivity contribution is 9.13. The predicted molar refractivity (Wildman–Crippen MR) is 83.6 cm³/mol. The Balaban J connectivity index is 2.24. The van der Waals surface area contributed by atoms with Gasteiger partial charge < -0.3 is 14.8 Å². The third-order valence-electron chi connectivity index (χ3n) is 2.47. The van der Waals surface area contributed by atoms with Gasteiger partial charge in [-0.05, 0) is 50.1 Å². The lowest BCUT2D eigenvalue weighted by molar-refractivity contribution is -0.132. The topological polar surface area (TPSA) is 79.5 Å². The Hall–Kier alpha value is -1.86. The van der Waals surface area contributed by atoms with Gasteiger partial charge in [0.25, 0.3) is 5.91 Å². The van der Waals surface area contributed by atoms with Crippen LogP contribution in [0.25, 0.3) is 6.08 Å². The zero-order valence-corrected chi connectivity index (χ0v) is 13.6. The van der Waals surface area contributed by atoms with E-state index in [4.69, 9.17) is 9.52 Å². The number of carbonyl (C=O) groups excluding carboxylic acids is 1. The van der Waals surface area contributed by atoms with E-state index in [0.717, 1.165) is 0 Å². The van der Waals surface area contributed by atoms with Crippen molar-refractivity contribution in [3.05, 3.63) is 62.6 Å². The van der Waals surface area contributed by atoms with Gasteiger partial charge in [0.2, 0.25) is 0 Å². The summed E-state index contributed by atoms with van der Waals surface area (Å²) in [5, 5.41) is 11.5. The molecule has 1 amide bonds. The Morgan fingerprint density at radius 3 is 2.38 bits per heavy atom. The van der Waals surface area contributed by atoms with Crippen LogP contribution in [0.3, 0.4) is 0 Å². The number of carboxylic acid groups (broad SMARTS) is 1. The largest absolute Gasteiger partial charge is 0.477 e. The first-order valence-corrected chi connectivity index (χ1v) is 7.32. The van der Waals surface area contributed by atoms with Gasteiger partial charge in [-0.15, -0.1) is 0 Å². The Kier molecular flexibility index (Phi) is 4.98. The van der Waals surface area contributed by atoms with Gasteiger partial charge in [0.05, 0.1) is 4.47 Å². The second kappa shape index (κ2) is 6.73. The van der Waals surface area contributed by atoms with Gasteiger partial charge in [-0.1, -0.05) is 18.2 Å². The van der Waals surface area contributed by atoms with Crippen molar-refractivity contribution >= 4 is 49.8 Å². The molecule has 0 saturated heterocycles. The molecular weight excluding hydrogens is 406 g/mol. The van der Waals surface area contributed by atoms with E-state index in [1.807, 2.05) is 0 Å². The molecule has 1 heterocycles. The molecule has 0 saturated carbocycles. The number of carbonyl (C=O) groups is 2. The fourth-order valence-electron chi connectivity index (χ4n) is 1.51. The van der Waals surface area contributed by atoms with Gasteiger partial charge in [0.15, 0.2) is 4.67 Å². The lowest BCUT2D eigenvalue weighted by atomic mass is 10.2. The molecule has 0 aliphatic heterocycles. The summed E-state index contributed by atoms with van der Waals surface area (Å²) in [5.74, 6) is -1.48. The van der Waals surface area contributed by atoms with Crippen molar-refractivity contribution in [3.8, 4) is 0 Å². The average molecular weight is 415 g/mol. The monoisotopic (exact) mass is 413 g/mol. The van der Waals surface area contributed by atoms with Crippen LogP contribution in [-0.2, 0) is 4.79 Å². The number of halogens is 2. The third-order valence-corrected chi connectivity index (χ3v) is 4.18. The van der Waals surface area contributed by atoms with Crippen LogP contribution >= 0.6 is 31.9 Å². The van der Waals surface area contributed by atoms with Gasteiger partial charge >= 0.3 is 5.97 Å². The summed E-state index contributed by atoms with van der Waals surface area (Å²) in [6, 6.07) is 9.92. The summed E-state index contributed by atoms with van der Waals surface area (Å²) in [7, 11) is 0. The fraction of sp³-hybridized carbons (Fsp3) is 0. The number of amides is 1. The summed E-state index contributed by atoms with van der Waals surface area (Å²) >= 11 is 6.38. The minimum absolute atomic E-state index is 0.280. The molecule has 0 radical (unpaired) electrons. The molecule has 2 rings (SSSR count). The highest BCUT2D eigenvalue weighted by Gasteiger charge is 2.14. The number of hydrogen-bond donors (Lipinski definition) is 2. The van der Waals surface area contributed by atoms with Crippen molar-refractivity contribution < 1.29 is 19.1 Å². The molecule has 0 fully saturated rings. The number of aliphatic carboxylic acids is 1. The number of hydrogen-bond acceptors (Lipinski definition) is 3. The number of rotatable bonds is 4. The number of benzene rings is 1. The molecule has 21 heavy (non-hydrogen) atoms. The van der Waals surface area contributed by atoms with Gasteiger partial charge in [0, 0.05) is 11.6 Å². The number of nitrogens with one attached hydrogen (secondary N) is 1. The normalized spacial score (nSPS) is 11.2. The van der Waals surface area contributed by atoms with Gasteiger partial charge in [-0.3, -0.25) is 4.79 Å². The van der Waals surface area contributed by atoms with Crippen LogP contribution in [0, 0.1) is 0 Å². The molecule has 2 aromatic rings. The van der Waals surface area contributed by atoms with E-state index >= 15 is 0 Å². The Morgan fingerprint density at radius 1 is 1.19 bits per heavy atom. The van der Waals surface area contributed by atoms with Crippen LogP contribution < -0.4 is 5.32 Å². The zero-order valence-electron chi connectivity index (χ0n) is 10.5. The van der Waals surface area contributed by atoms with Crippen LogP contribution in [0.1, 0.15) is 16.1 Å². The average Bonchev–Trinajstić information content (AvgIpc) is 2.77. The Bertz CT molecular complexity index is 688. The molecule has 0 spiro atoms. The summed E-state index contributed by atoms with van der Waals surface area (Å²) < 4.78 is 6.35. The predicted octanol–water partition coefficient (Wildman–Crippen LogP) is 3.66. The van der Waals surface area contributed by atoms with Crippen molar-refractivity contribution in [2.24, 2.45) is 0 Å². The molecule has 0 unspecified atom stereocenters. The van der Waals surface area contributed by atoms with E-state index in [9.17, 15) is 9.59 Å².